The van der Waals surface area contributed by atoms with Crippen LogP contribution < -0.4 is 0 Å². The third-order valence-electron chi connectivity index (χ3n) is 2.83. The number of benzene rings is 2. The fraction of sp³-hybridized carbons (Fsp3) is 0. The van der Waals surface area contributed by atoms with Crippen molar-refractivity contribution in [1.82, 2.24) is 4.98 Å². The van der Waals surface area contributed by atoms with Crippen LogP contribution in [-0.2, 0) is 0 Å². The summed E-state index contributed by atoms with van der Waals surface area (Å²) in [7, 11) is 0. The van der Waals surface area contributed by atoms with E-state index in [1.807, 2.05) is 0 Å². The molecule has 0 aliphatic rings. The van der Waals surface area contributed by atoms with Gasteiger partial charge in [0.2, 0.25) is 11.7 Å². The Bertz CT molecular complexity index is 896. The quantitative estimate of drug-likeness (QED) is 0.328. The molecule has 0 bridgehead atoms. The van der Waals surface area contributed by atoms with E-state index >= 15 is 0 Å². The van der Waals surface area contributed by atoms with Gasteiger partial charge >= 0.3 is 0 Å². The van der Waals surface area contributed by atoms with Crippen LogP contribution >= 0.6 is 23.2 Å². The van der Waals surface area contributed by atoms with Crippen LogP contribution in [0.5, 0.6) is 0 Å². The summed E-state index contributed by atoms with van der Waals surface area (Å²) in [6.45, 7) is 0. The SMILES string of the molecule is Fc1c(F)c(F)c(-c2nc3cc(Cl)cc(Cl)c3o2)c(F)c1F. The molecular weight excluding hydrogens is 352 g/mol. The van der Waals surface area contributed by atoms with Crippen molar-refractivity contribution in [2.24, 2.45) is 0 Å². The Morgan fingerprint density at radius 2 is 1.36 bits per heavy atom. The number of aromatic nitrogens is 1. The monoisotopic (exact) mass is 353 g/mol. The van der Waals surface area contributed by atoms with E-state index in [-0.39, 0.29) is 21.1 Å². The van der Waals surface area contributed by atoms with Gasteiger partial charge in [-0.1, -0.05) is 23.2 Å². The second kappa shape index (κ2) is 5.10. The molecule has 3 aromatic rings. The molecule has 0 saturated heterocycles. The van der Waals surface area contributed by atoms with Gasteiger partial charge in [0.1, 0.15) is 11.1 Å². The normalized spacial score (nSPS) is 11.4. The largest absolute Gasteiger partial charge is 0.434 e. The lowest BCUT2D eigenvalue weighted by Crippen LogP contribution is -2.04. The molecule has 1 aromatic heterocycles. The highest BCUT2D eigenvalue weighted by Gasteiger charge is 2.29. The highest BCUT2D eigenvalue weighted by Crippen LogP contribution is 2.35. The van der Waals surface area contributed by atoms with Crippen LogP contribution in [0.15, 0.2) is 16.5 Å². The van der Waals surface area contributed by atoms with Crippen LogP contribution in [0.1, 0.15) is 0 Å². The van der Waals surface area contributed by atoms with Gasteiger partial charge in [-0.15, -0.1) is 0 Å². The molecule has 114 valence electrons. The lowest BCUT2D eigenvalue weighted by atomic mass is 10.1. The summed E-state index contributed by atoms with van der Waals surface area (Å²) in [6.07, 6.45) is 0. The summed E-state index contributed by atoms with van der Waals surface area (Å²) in [5, 5.41) is 0.139. The predicted molar refractivity (Wildman–Crippen MR) is 69.3 cm³/mol. The molecule has 0 amide bonds. The molecule has 3 rings (SSSR count). The van der Waals surface area contributed by atoms with Crippen molar-refractivity contribution >= 4 is 34.3 Å². The van der Waals surface area contributed by atoms with E-state index in [4.69, 9.17) is 27.6 Å². The van der Waals surface area contributed by atoms with Gasteiger partial charge in [0.25, 0.3) is 0 Å². The molecule has 22 heavy (non-hydrogen) atoms. The summed E-state index contributed by atoms with van der Waals surface area (Å²) in [6, 6.07) is 2.54. The number of hydrogen-bond acceptors (Lipinski definition) is 2. The molecule has 2 aromatic carbocycles. The minimum absolute atomic E-state index is 0.0106. The molecule has 0 unspecified atom stereocenters. The van der Waals surface area contributed by atoms with E-state index in [1.165, 1.54) is 12.1 Å². The fourth-order valence-corrected chi connectivity index (χ4v) is 2.38. The first kappa shape index (κ1) is 15.1. The molecule has 2 nitrogen and oxygen atoms in total. The van der Waals surface area contributed by atoms with Gasteiger partial charge in [-0.05, 0) is 12.1 Å². The van der Waals surface area contributed by atoms with Crippen molar-refractivity contribution in [1.29, 1.82) is 0 Å². The Kier molecular flexibility index (Phi) is 3.49. The highest BCUT2D eigenvalue weighted by molar-refractivity contribution is 6.38. The summed E-state index contributed by atoms with van der Waals surface area (Å²) < 4.78 is 71.9. The van der Waals surface area contributed by atoms with Gasteiger partial charge in [-0.2, -0.15) is 0 Å². The molecule has 0 radical (unpaired) electrons. The van der Waals surface area contributed by atoms with Crippen molar-refractivity contribution in [2.75, 3.05) is 0 Å². The van der Waals surface area contributed by atoms with Gasteiger partial charge in [-0.25, -0.2) is 26.9 Å². The van der Waals surface area contributed by atoms with Crippen LogP contribution in [0, 0.1) is 29.1 Å². The van der Waals surface area contributed by atoms with E-state index in [9.17, 15) is 22.0 Å². The zero-order valence-corrected chi connectivity index (χ0v) is 11.7. The molecular formula is C13H2Cl2F5NO. The molecule has 9 heteroatoms. The van der Waals surface area contributed by atoms with E-state index < -0.39 is 40.5 Å². The highest BCUT2D eigenvalue weighted by atomic mass is 35.5. The Morgan fingerprint density at radius 1 is 0.818 bits per heavy atom. The van der Waals surface area contributed by atoms with Gasteiger partial charge in [-0.3, -0.25) is 0 Å². The molecule has 0 spiro atoms. The average molecular weight is 354 g/mol. The Labute approximate surface area is 129 Å². The van der Waals surface area contributed by atoms with Gasteiger partial charge in [0, 0.05) is 5.02 Å². The average Bonchev–Trinajstić information content (AvgIpc) is 2.87. The smallest absolute Gasteiger partial charge is 0.233 e. The minimum atomic E-state index is -2.27. The molecule has 0 aliphatic heterocycles. The van der Waals surface area contributed by atoms with Crippen LogP contribution in [0.25, 0.3) is 22.6 Å². The summed E-state index contributed by atoms with van der Waals surface area (Å²) in [5.41, 5.74) is -1.36. The standard InChI is InChI=1S/C13H2Cl2F5NO/c14-3-1-4(15)12-5(2-3)21-13(22-12)6-7(16)9(18)11(20)10(19)8(6)17/h1-2H. The van der Waals surface area contributed by atoms with E-state index in [1.54, 1.807) is 0 Å². The number of nitrogens with zero attached hydrogens (tertiary/aromatic N) is 1. The zero-order valence-electron chi connectivity index (χ0n) is 10.2. The van der Waals surface area contributed by atoms with Crippen LogP contribution in [0.4, 0.5) is 22.0 Å². The maximum absolute atomic E-state index is 13.7. The Morgan fingerprint density at radius 3 is 1.95 bits per heavy atom. The van der Waals surface area contributed by atoms with Crippen LogP contribution in [0.2, 0.25) is 10.0 Å². The number of hydrogen-bond donors (Lipinski definition) is 0. The first-order valence-corrected chi connectivity index (χ1v) is 6.34. The number of rotatable bonds is 1. The van der Waals surface area contributed by atoms with E-state index in [0.717, 1.165) is 0 Å². The zero-order chi connectivity index (χ0) is 16.2. The molecule has 0 saturated carbocycles. The molecule has 0 N–H and O–H groups in total. The van der Waals surface area contributed by atoms with E-state index in [0.29, 0.717) is 0 Å². The van der Waals surface area contributed by atoms with E-state index in [2.05, 4.69) is 4.98 Å². The summed E-state index contributed by atoms with van der Waals surface area (Å²) in [5.74, 6) is -11.4. The van der Waals surface area contributed by atoms with Gasteiger partial charge in [0.15, 0.2) is 28.9 Å². The number of halogens is 7. The van der Waals surface area contributed by atoms with Crippen molar-refractivity contribution in [3.8, 4) is 11.5 Å². The molecule has 0 atom stereocenters. The van der Waals surface area contributed by atoms with Crippen LogP contribution in [0.3, 0.4) is 0 Å². The third kappa shape index (κ3) is 2.12. The fourth-order valence-electron chi connectivity index (χ4n) is 1.86. The predicted octanol–water partition coefficient (Wildman–Crippen LogP) is 5.50. The maximum Gasteiger partial charge on any atom is 0.233 e. The second-order valence-corrected chi connectivity index (χ2v) is 5.04. The minimum Gasteiger partial charge on any atom is -0.434 e. The third-order valence-corrected chi connectivity index (χ3v) is 3.33. The van der Waals surface area contributed by atoms with Crippen molar-refractivity contribution in [3.05, 3.63) is 51.3 Å². The van der Waals surface area contributed by atoms with Crippen LogP contribution in [-0.4, -0.2) is 4.98 Å². The molecule has 0 fully saturated rings. The first-order valence-electron chi connectivity index (χ1n) is 5.58. The summed E-state index contributed by atoms with van der Waals surface area (Å²) >= 11 is 11.5. The second-order valence-electron chi connectivity index (χ2n) is 4.20. The van der Waals surface area contributed by atoms with Crippen molar-refractivity contribution in [3.63, 3.8) is 0 Å². The van der Waals surface area contributed by atoms with Gasteiger partial charge in [0.05, 0.1) is 5.02 Å². The number of fused-ring (bicyclic) bond motifs is 1. The van der Waals surface area contributed by atoms with Gasteiger partial charge < -0.3 is 4.42 Å². The first-order chi connectivity index (χ1) is 10.3. The summed E-state index contributed by atoms with van der Waals surface area (Å²) in [4.78, 5) is 3.67. The maximum atomic E-state index is 13.7. The Hall–Kier alpha value is -1.86. The molecule has 1 heterocycles. The Balaban J connectivity index is 2.35. The topological polar surface area (TPSA) is 26.0 Å². The van der Waals surface area contributed by atoms with Crippen molar-refractivity contribution < 1.29 is 26.4 Å². The lowest BCUT2D eigenvalue weighted by molar-refractivity contribution is 0.379. The lowest BCUT2D eigenvalue weighted by Gasteiger charge is -2.04. The molecule has 0 aliphatic carbocycles. The number of oxazole rings is 1. The van der Waals surface area contributed by atoms with Crippen molar-refractivity contribution in [2.45, 2.75) is 0 Å².